The summed E-state index contributed by atoms with van der Waals surface area (Å²) in [4.78, 5) is 40.1. The van der Waals surface area contributed by atoms with Crippen LogP contribution in [0.2, 0.25) is 0 Å². The van der Waals surface area contributed by atoms with Crippen LogP contribution in [0.4, 0.5) is 5.13 Å². The Hall–Kier alpha value is -3.43. The first-order valence-electron chi connectivity index (χ1n) is 9.21. The molecule has 0 aliphatic carbocycles. The molecule has 9 heteroatoms. The van der Waals surface area contributed by atoms with Gasteiger partial charge >= 0.3 is 0 Å². The summed E-state index contributed by atoms with van der Waals surface area (Å²) >= 11 is 1.17. The zero-order chi connectivity index (χ0) is 21.1. The van der Waals surface area contributed by atoms with E-state index < -0.39 is 23.8 Å². The van der Waals surface area contributed by atoms with Crippen LogP contribution in [0.3, 0.4) is 0 Å². The first-order valence-corrected chi connectivity index (χ1v) is 10.0. The number of methoxy groups -OCH3 is 1. The Balaban J connectivity index is 1.63. The highest BCUT2D eigenvalue weighted by molar-refractivity contribution is 7.15. The minimum absolute atomic E-state index is 0.182. The van der Waals surface area contributed by atoms with E-state index in [1.807, 2.05) is 30.3 Å². The molecule has 3 aromatic rings. The Kier molecular flexibility index (Phi) is 5.64. The maximum atomic E-state index is 13.2. The minimum atomic E-state index is -1.03. The molecule has 0 radical (unpaired) electrons. The molecule has 2 heterocycles. The third kappa shape index (κ3) is 3.85. The van der Waals surface area contributed by atoms with E-state index in [0.717, 1.165) is 10.5 Å². The highest BCUT2D eigenvalue weighted by Crippen LogP contribution is 2.27. The van der Waals surface area contributed by atoms with Gasteiger partial charge in [-0.3, -0.25) is 24.6 Å². The molecule has 0 unspecified atom stereocenters. The number of anilines is 1. The molecule has 2 aromatic carbocycles. The van der Waals surface area contributed by atoms with Gasteiger partial charge in [0.2, 0.25) is 11.0 Å². The second-order valence-electron chi connectivity index (χ2n) is 6.65. The van der Waals surface area contributed by atoms with Crippen molar-refractivity contribution in [2.24, 2.45) is 0 Å². The topological polar surface area (TPSA) is 101 Å². The molecule has 30 heavy (non-hydrogen) atoms. The fourth-order valence-electron chi connectivity index (χ4n) is 3.30. The molecular weight excluding hydrogens is 404 g/mol. The van der Waals surface area contributed by atoms with Crippen LogP contribution in [0.5, 0.6) is 0 Å². The van der Waals surface area contributed by atoms with Crippen molar-refractivity contribution in [3.63, 3.8) is 0 Å². The average Bonchev–Trinajstić information content (AvgIpc) is 3.30. The Morgan fingerprint density at radius 2 is 1.67 bits per heavy atom. The third-order valence-electron chi connectivity index (χ3n) is 4.68. The first-order chi connectivity index (χ1) is 14.6. The summed E-state index contributed by atoms with van der Waals surface area (Å²) in [5, 5.41) is 11.5. The lowest BCUT2D eigenvalue weighted by Gasteiger charge is -2.25. The molecule has 3 amide bonds. The summed E-state index contributed by atoms with van der Waals surface area (Å²) in [6.07, 6.45) is 0.182. The standard InChI is InChI=1S/C21H18N4O4S/c1-29-12-17-23-24-21(30-17)22-18(26)16(11-13-7-3-2-4-8-13)25-19(27)14-9-5-6-10-15(14)20(25)28/h2-10,16H,11-12H2,1H3,(H,22,24,26)/t16-/m0/s1. The fourth-order valence-corrected chi connectivity index (χ4v) is 4.02. The van der Waals surface area contributed by atoms with Gasteiger partial charge in [-0.1, -0.05) is 53.8 Å². The van der Waals surface area contributed by atoms with Crippen molar-refractivity contribution in [3.8, 4) is 0 Å². The van der Waals surface area contributed by atoms with E-state index in [9.17, 15) is 14.4 Å². The Bertz CT molecular complexity index is 1060. The van der Waals surface area contributed by atoms with Gasteiger partial charge in [-0.15, -0.1) is 10.2 Å². The molecule has 4 rings (SSSR count). The molecule has 0 saturated carbocycles. The highest BCUT2D eigenvalue weighted by Gasteiger charge is 2.42. The van der Waals surface area contributed by atoms with E-state index in [4.69, 9.17) is 4.74 Å². The maximum Gasteiger partial charge on any atom is 0.262 e. The van der Waals surface area contributed by atoms with Gasteiger partial charge in [0.25, 0.3) is 11.8 Å². The van der Waals surface area contributed by atoms with Crippen LogP contribution in [0.25, 0.3) is 0 Å². The van der Waals surface area contributed by atoms with E-state index in [1.54, 1.807) is 24.3 Å². The Morgan fingerprint density at radius 1 is 1.03 bits per heavy atom. The summed E-state index contributed by atoms with van der Waals surface area (Å²) in [7, 11) is 1.54. The normalized spacial score (nSPS) is 14.0. The molecule has 0 fully saturated rings. The number of ether oxygens (including phenoxy) is 1. The Morgan fingerprint density at radius 3 is 2.30 bits per heavy atom. The number of imide groups is 1. The molecule has 1 aliphatic heterocycles. The number of hydrogen-bond acceptors (Lipinski definition) is 7. The predicted octanol–water partition coefficient (Wildman–Crippen LogP) is 2.53. The van der Waals surface area contributed by atoms with E-state index in [1.165, 1.54) is 18.4 Å². The highest BCUT2D eigenvalue weighted by atomic mass is 32.1. The molecule has 0 bridgehead atoms. The van der Waals surface area contributed by atoms with Crippen LogP contribution in [0.1, 0.15) is 31.3 Å². The lowest BCUT2D eigenvalue weighted by atomic mass is 10.0. The smallest absolute Gasteiger partial charge is 0.262 e. The number of carbonyl (C=O) groups is 3. The number of aromatic nitrogens is 2. The lowest BCUT2D eigenvalue weighted by Crippen LogP contribution is -2.48. The number of amides is 3. The maximum absolute atomic E-state index is 13.2. The van der Waals surface area contributed by atoms with Crippen molar-refractivity contribution < 1.29 is 19.1 Å². The van der Waals surface area contributed by atoms with E-state index in [0.29, 0.717) is 16.1 Å². The van der Waals surface area contributed by atoms with Gasteiger partial charge in [0.05, 0.1) is 11.1 Å². The van der Waals surface area contributed by atoms with Gasteiger partial charge in [0.15, 0.2) is 0 Å². The molecule has 0 spiro atoms. The third-order valence-corrected chi connectivity index (χ3v) is 5.49. The lowest BCUT2D eigenvalue weighted by molar-refractivity contribution is -0.119. The first kappa shape index (κ1) is 19.9. The van der Waals surface area contributed by atoms with E-state index >= 15 is 0 Å². The van der Waals surface area contributed by atoms with Crippen molar-refractivity contribution in [1.29, 1.82) is 0 Å². The number of carbonyl (C=O) groups excluding carboxylic acids is 3. The predicted molar refractivity (Wildman–Crippen MR) is 110 cm³/mol. The van der Waals surface area contributed by atoms with Gasteiger partial charge in [0.1, 0.15) is 17.7 Å². The van der Waals surface area contributed by atoms with Crippen molar-refractivity contribution in [3.05, 3.63) is 76.3 Å². The van der Waals surface area contributed by atoms with Crippen LogP contribution in [0.15, 0.2) is 54.6 Å². The quantitative estimate of drug-likeness (QED) is 0.587. The molecule has 1 aromatic heterocycles. The average molecular weight is 422 g/mol. The van der Waals surface area contributed by atoms with Crippen molar-refractivity contribution >= 4 is 34.2 Å². The molecule has 1 atom stereocenters. The molecule has 1 N–H and O–H groups in total. The summed E-state index contributed by atoms with van der Waals surface area (Å²) in [5.74, 6) is -1.47. The zero-order valence-corrected chi connectivity index (χ0v) is 16.9. The second-order valence-corrected chi connectivity index (χ2v) is 7.72. The largest absolute Gasteiger partial charge is 0.377 e. The van der Waals surface area contributed by atoms with Gasteiger partial charge in [-0.25, -0.2) is 0 Å². The summed E-state index contributed by atoms with van der Waals surface area (Å²) in [5.41, 5.74) is 1.42. The van der Waals surface area contributed by atoms with Gasteiger partial charge in [-0.2, -0.15) is 0 Å². The van der Waals surface area contributed by atoms with Gasteiger partial charge in [0, 0.05) is 13.5 Å². The van der Waals surface area contributed by atoms with Crippen molar-refractivity contribution in [2.75, 3.05) is 12.4 Å². The van der Waals surface area contributed by atoms with Crippen LogP contribution >= 0.6 is 11.3 Å². The van der Waals surface area contributed by atoms with Crippen LogP contribution in [0, 0.1) is 0 Å². The molecular formula is C21H18N4O4S. The summed E-state index contributed by atoms with van der Waals surface area (Å²) in [6, 6.07) is 14.8. The summed E-state index contributed by atoms with van der Waals surface area (Å²) < 4.78 is 5.02. The fraction of sp³-hybridized carbons (Fsp3) is 0.190. The number of fused-ring (bicyclic) bond motifs is 1. The molecule has 1 aliphatic rings. The second kappa shape index (κ2) is 8.52. The zero-order valence-electron chi connectivity index (χ0n) is 16.1. The number of nitrogens with one attached hydrogen (secondary N) is 1. The van der Waals surface area contributed by atoms with Crippen molar-refractivity contribution in [1.82, 2.24) is 15.1 Å². The van der Waals surface area contributed by atoms with Gasteiger partial charge < -0.3 is 4.74 Å². The number of nitrogens with zero attached hydrogens (tertiary/aromatic N) is 3. The van der Waals surface area contributed by atoms with Crippen LogP contribution in [-0.4, -0.2) is 46.0 Å². The number of hydrogen-bond donors (Lipinski definition) is 1. The minimum Gasteiger partial charge on any atom is -0.377 e. The number of benzene rings is 2. The SMILES string of the molecule is COCc1nnc(NC(=O)[C@H](Cc2ccccc2)N2C(=O)c3ccccc3C2=O)s1. The van der Waals surface area contributed by atoms with E-state index in [-0.39, 0.29) is 18.2 Å². The number of rotatable bonds is 7. The van der Waals surface area contributed by atoms with Crippen LogP contribution < -0.4 is 5.32 Å². The molecule has 0 saturated heterocycles. The van der Waals surface area contributed by atoms with Crippen molar-refractivity contribution in [2.45, 2.75) is 19.1 Å². The summed E-state index contributed by atoms with van der Waals surface area (Å²) in [6.45, 7) is 0.277. The monoisotopic (exact) mass is 422 g/mol. The van der Waals surface area contributed by atoms with Crippen LogP contribution in [-0.2, 0) is 22.6 Å². The molecule has 152 valence electrons. The van der Waals surface area contributed by atoms with E-state index in [2.05, 4.69) is 15.5 Å². The van der Waals surface area contributed by atoms with Gasteiger partial charge in [-0.05, 0) is 17.7 Å². The Labute approximate surface area is 176 Å². The molecule has 8 nitrogen and oxygen atoms in total.